The van der Waals surface area contributed by atoms with Crippen molar-refractivity contribution in [3.05, 3.63) is 75.9 Å². The average Bonchev–Trinajstić information content (AvgIpc) is 3.04. The Hall–Kier alpha value is -1.95. The van der Waals surface area contributed by atoms with E-state index in [-0.39, 0.29) is 5.91 Å². The lowest BCUT2D eigenvalue weighted by Gasteiger charge is -2.07. The first-order valence-electron chi connectivity index (χ1n) is 7.48. The summed E-state index contributed by atoms with van der Waals surface area (Å²) in [5.41, 5.74) is 1.38. The van der Waals surface area contributed by atoms with Crippen molar-refractivity contribution in [2.24, 2.45) is 0 Å². The molecule has 3 aromatic rings. The molecule has 0 spiro atoms. The number of amides is 1. The van der Waals surface area contributed by atoms with Crippen molar-refractivity contribution in [3.8, 4) is 0 Å². The van der Waals surface area contributed by atoms with Crippen LogP contribution in [0.15, 0.2) is 59.6 Å². The van der Waals surface area contributed by atoms with E-state index in [1.165, 1.54) is 0 Å². The Balaban J connectivity index is 1.73. The summed E-state index contributed by atoms with van der Waals surface area (Å²) < 4.78 is 1.72. The lowest BCUT2D eigenvalue weighted by molar-refractivity contribution is 0.102. The summed E-state index contributed by atoms with van der Waals surface area (Å²) in [6.45, 7) is 0.526. The van der Waals surface area contributed by atoms with Crippen LogP contribution in [0.5, 0.6) is 0 Å². The zero-order valence-corrected chi connectivity index (χ0v) is 15.7. The number of rotatable bonds is 5. The van der Waals surface area contributed by atoms with Crippen LogP contribution in [0.1, 0.15) is 15.9 Å². The largest absolute Gasteiger partial charge is 0.305 e. The van der Waals surface area contributed by atoms with Gasteiger partial charge in [0.2, 0.25) is 0 Å². The molecule has 25 heavy (non-hydrogen) atoms. The van der Waals surface area contributed by atoms with E-state index in [4.69, 9.17) is 23.2 Å². The van der Waals surface area contributed by atoms with Gasteiger partial charge in [-0.15, -0.1) is 11.8 Å². The third-order valence-electron chi connectivity index (χ3n) is 3.59. The second kappa shape index (κ2) is 7.95. The summed E-state index contributed by atoms with van der Waals surface area (Å²) >= 11 is 13.8. The fourth-order valence-corrected chi connectivity index (χ4v) is 3.15. The van der Waals surface area contributed by atoms with E-state index in [0.717, 1.165) is 10.5 Å². The predicted octanol–water partition coefficient (Wildman–Crippen LogP) is 5.21. The Morgan fingerprint density at radius 1 is 1.16 bits per heavy atom. The molecule has 0 atom stereocenters. The first-order valence-corrected chi connectivity index (χ1v) is 9.46. The molecule has 1 N–H and O–H groups in total. The average molecular weight is 392 g/mol. The number of halogens is 2. The zero-order chi connectivity index (χ0) is 17.8. The third kappa shape index (κ3) is 4.37. The van der Waals surface area contributed by atoms with Gasteiger partial charge in [-0.3, -0.25) is 9.48 Å². The van der Waals surface area contributed by atoms with E-state index in [1.807, 2.05) is 36.6 Å². The third-order valence-corrected chi connectivity index (χ3v) is 5.01. The number of anilines is 1. The van der Waals surface area contributed by atoms with Crippen molar-refractivity contribution < 1.29 is 4.79 Å². The van der Waals surface area contributed by atoms with Crippen molar-refractivity contribution in [3.63, 3.8) is 0 Å². The van der Waals surface area contributed by atoms with Gasteiger partial charge >= 0.3 is 0 Å². The molecule has 4 nitrogen and oxygen atoms in total. The van der Waals surface area contributed by atoms with Crippen molar-refractivity contribution in [2.75, 3.05) is 11.6 Å². The zero-order valence-electron chi connectivity index (χ0n) is 13.4. The van der Waals surface area contributed by atoms with E-state index >= 15 is 0 Å². The van der Waals surface area contributed by atoms with Gasteiger partial charge in [-0.1, -0.05) is 41.4 Å². The van der Waals surface area contributed by atoms with E-state index in [0.29, 0.717) is 28.0 Å². The Labute approximate surface area is 160 Å². The molecule has 1 amide bonds. The molecule has 0 unspecified atom stereocenters. The minimum Gasteiger partial charge on any atom is -0.305 e. The minimum absolute atomic E-state index is 0.288. The molecule has 0 radical (unpaired) electrons. The first kappa shape index (κ1) is 17.9. The molecule has 0 saturated carbocycles. The number of thioether (sulfide) groups is 1. The van der Waals surface area contributed by atoms with Gasteiger partial charge in [-0.25, -0.2) is 0 Å². The normalized spacial score (nSPS) is 10.7. The minimum atomic E-state index is -0.288. The second-order valence-corrected chi connectivity index (χ2v) is 6.98. The van der Waals surface area contributed by atoms with Gasteiger partial charge in [0.1, 0.15) is 0 Å². The molecule has 2 aromatic carbocycles. The first-order chi connectivity index (χ1) is 12.1. The molecule has 3 rings (SSSR count). The highest BCUT2D eigenvalue weighted by Crippen LogP contribution is 2.24. The predicted molar refractivity (Wildman–Crippen MR) is 104 cm³/mol. The number of nitrogens with one attached hydrogen (secondary N) is 1. The number of carbonyl (C=O) groups is 1. The Bertz CT molecular complexity index is 911. The molecule has 0 saturated heterocycles. The quantitative estimate of drug-likeness (QED) is 0.606. The van der Waals surface area contributed by atoms with Crippen molar-refractivity contribution in [1.82, 2.24) is 9.78 Å². The monoisotopic (exact) mass is 391 g/mol. The molecule has 1 aromatic heterocycles. The highest BCUT2D eigenvalue weighted by molar-refractivity contribution is 7.98. The van der Waals surface area contributed by atoms with Crippen LogP contribution in [0.3, 0.4) is 0 Å². The van der Waals surface area contributed by atoms with Crippen LogP contribution in [0, 0.1) is 0 Å². The van der Waals surface area contributed by atoms with Crippen molar-refractivity contribution >= 4 is 46.7 Å². The van der Waals surface area contributed by atoms with Crippen LogP contribution in [0.4, 0.5) is 5.82 Å². The Morgan fingerprint density at radius 3 is 2.72 bits per heavy atom. The van der Waals surface area contributed by atoms with Gasteiger partial charge < -0.3 is 5.32 Å². The van der Waals surface area contributed by atoms with Gasteiger partial charge in [-0.05, 0) is 36.1 Å². The summed E-state index contributed by atoms with van der Waals surface area (Å²) in [5, 5.41) is 8.23. The molecule has 1 heterocycles. The van der Waals surface area contributed by atoms with Gasteiger partial charge in [0.15, 0.2) is 5.82 Å². The van der Waals surface area contributed by atoms with Crippen LogP contribution in [0.25, 0.3) is 0 Å². The van der Waals surface area contributed by atoms with Crippen LogP contribution < -0.4 is 5.32 Å². The van der Waals surface area contributed by atoms with Crippen LogP contribution in [0.2, 0.25) is 10.0 Å². The fraction of sp³-hybridized carbons (Fsp3) is 0.111. The van der Waals surface area contributed by atoms with Crippen LogP contribution >= 0.6 is 35.0 Å². The molecule has 7 heteroatoms. The molecule has 0 aliphatic carbocycles. The maximum Gasteiger partial charge on any atom is 0.258 e. The number of benzene rings is 2. The summed E-state index contributed by atoms with van der Waals surface area (Å²) in [4.78, 5) is 13.4. The molecular weight excluding hydrogens is 377 g/mol. The topological polar surface area (TPSA) is 46.9 Å². The van der Waals surface area contributed by atoms with Crippen molar-refractivity contribution in [2.45, 2.75) is 11.4 Å². The molecule has 128 valence electrons. The molecule has 0 bridgehead atoms. The second-order valence-electron chi connectivity index (χ2n) is 5.29. The van der Waals surface area contributed by atoms with E-state index in [1.54, 1.807) is 40.8 Å². The highest BCUT2D eigenvalue weighted by atomic mass is 35.5. The number of carbonyl (C=O) groups excluding carboxylic acids is 1. The highest BCUT2D eigenvalue weighted by Gasteiger charge is 2.13. The van der Waals surface area contributed by atoms with Crippen LogP contribution in [-0.4, -0.2) is 21.9 Å². The van der Waals surface area contributed by atoms with E-state index in [2.05, 4.69) is 10.4 Å². The number of nitrogens with zero attached hydrogens (tertiary/aromatic N) is 2. The van der Waals surface area contributed by atoms with Gasteiger partial charge in [0.05, 0.1) is 17.1 Å². The fourth-order valence-electron chi connectivity index (χ4n) is 2.31. The van der Waals surface area contributed by atoms with E-state index < -0.39 is 0 Å². The molecular formula is C18H15Cl2N3OS. The summed E-state index contributed by atoms with van der Waals surface area (Å²) in [5.74, 6) is 0.173. The summed E-state index contributed by atoms with van der Waals surface area (Å²) in [6.07, 6.45) is 3.74. The van der Waals surface area contributed by atoms with Crippen LogP contribution in [-0.2, 0) is 6.54 Å². The standard InChI is InChI=1S/C18H15Cl2N3OS/c1-25-13-6-7-16(20)14(10-13)18(24)21-17-8-9-23(22-17)11-12-4-2-3-5-15(12)19/h2-10H,11H2,1H3,(H,21,22,24). The van der Waals surface area contributed by atoms with E-state index in [9.17, 15) is 4.79 Å². The van der Waals surface area contributed by atoms with Gasteiger partial charge in [0.25, 0.3) is 5.91 Å². The Kier molecular flexibility index (Phi) is 5.68. The Morgan fingerprint density at radius 2 is 1.96 bits per heavy atom. The van der Waals surface area contributed by atoms with Crippen molar-refractivity contribution in [1.29, 1.82) is 0 Å². The maximum atomic E-state index is 12.4. The number of hydrogen-bond acceptors (Lipinski definition) is 3. The lowest BCUT2D eigenvalue weighted by atomic mass is 10.2. The molecule has 0 aliphatic rings. The summed E-state index contributed by atoms with van der Waals surface area (Å²) in [7, 11) is 0. The van der Waals surface area contributed by atoms with Gasteiger partial charge in [0, 0.05) is 22.2 Å². The SMILES string of the molecule is CSc1ccc(Cl)c(C(=O)Nc2ccn(Cc3ccccc3Cl)n2)c1. The number of hydrogen-bond donors (Lipinski definition) is 1. The molecule has 0 aliphatic heterocycles. The summed E-state index contributed by atoms with van der Waals surface area (Å²) in [6, 6.07) is 14.7. The smallest absolute Gasteiger partial charge is 0.258 e. The molecule has 0 fully saturated rings. The van der Waals surface area contributed by atoms with Gasteiger partial charge in [-0.2, -0.15) is 5.10 Å². The number of aromatic nitrogens is 2. The lowest BCUT2D eigenvalue weighted by Crippen LogP contribution is -2.13. The maximum absolute atomic E-state index is 12.4.